The number of urea groups is 1. The number of hydrogen-bond donors (Lipinski definition) is 2. The molecule has 0 unspecified atom stereocenters. The predicted molar refractivity (Wildman–Crippen MR) is 69.8 cm³/mol. The molecule has 1 aliphatic heterocycles. The molecule has 1 aliphatic rings. The number of carboxylic acid groups (broad SMARTS) is 1. The highest BCUT2D eigenvalue weighted by Crippen LogP contribution is 2.30. The second-order valence-corrected chi connectivity index (χ2v) is 5.63. The van der Waals surface area contributed by atoms with E-state index < -0.39 is 29.3 Å². The summed E-state index contributed by atoms with van der Waals surface area (Å²) in [6, 6.07) is -0.483. The summed E-state index contributed by atoms with van der Waals surface area (Å²) in [6.45, 7) is 3.24. The van der Waals surface area contributed by atoms with Crippen molar-refractivity contribution in [2.24, 2.45) is 0 Å². The van der Waals surface area contributed by atoms with E-state index in [9.17, 15) is 22.8 Å². The normalized spacial score (nSPS) is 16.4. The first-order valence-electron chi connectivity index (χ1n) is 6.56. The summed E-state index contributed by atoms with van der Waals surface area (Å²) >= 11 is 0. The first-order chi connectivity index (χ1) is 9.51. The number of carboxylic acids is 1. The van der Waals surface area contributed by atoms with Crippen molar-refractivity contribution in [3.63, 3.8) is 0 Å². The van der Waals surface area contributed by atoms with E-state index in [4.69, 9.17) is 5.11 Å². The first kappa shape index (κ1) is 17.3. The quantitative estimate of drug-likeness (QED) is 0.784. The van der Waals surface area contributed by atoms with Crippen LogP contribution in [-0.4, -0.2) is 46.8 Å². The molecule has 0 atom stereocenters. The monoisotopic (exact) mass is 308 g/mol. The van der Waals surface area contributed by atoms with Gasteiger partial charge in [0.05, 0.1) is 0 Å². The third-order valence-corrected chi connectivity index (χ3v) is 3.27. The number of hydrogen-bond acceptors (Lipinski definition) is 2. The lowest BCUT2D eigenvalue weighted by Gasteiger charge is -2.32. The molecule has 0 aromatic rings. The topological polar surface area (TPSA) is 69.6 Å². The van der Waals surface area contributed by atoms with Crippen LogP contribution in [0.25, 0.3) is 0 Å². The Morgan fingerprint density at radius 3 is 2.43 bits per heavy atom. The van der Waals surface area contributed by atoms with Crippen LogP contribution in [0.4, 0.5) is 18.0 Å². The zero-order chi connectivity index (χ0) is 16.3. The van der Waals surface area contributed by atoms with E-state index in [1.54, 1.807) is 13.8 Å². The second-order valence-electron chi connectivity index (χ2n) is 5.63. The van der Waals surface area contributed by atoms with E-state index in [1.165, 1.54) is 4.90 Å². The third-order valence-electron chi connectivity index (χ3n) is 3.27. The lowest BCUT2D eigenvalue weighted by molar-refractivity contribution is -0.137. The molecule has 0 spiro atoms. The van der Waals surface area contributed by atoms with Gasteiger partial charge in [0, 0.05) is 30.6 Å². The third kappa shape index (κ3) is 5.65. The summed E-state index contributed by atoms with van der Waals surface area (Å²) < 4.78 is 37.4. The maximum Gasteiger partial charge on any atom is 0.412 e. The molecule has 0 radical (unpaired) electrons. The zero-order valence-corrected chi connectivity index (χ0v) is 12.0. The molecule has 0 aliphatic carbocycles. The Balaban J connectivity index is 2.54. The van der Waals surface area contributed by atoms with Gasteiger partial charge in [-0.25, -0.2) is 4.79 Å². The minimum atomic E-state index is -4.34. The van der Waals surface area contributed by atoms with Crippen molar-refractivity contribution in [1.82, 2.24) is 10.2 Å². The van der Waals surface area contributed by atoms with Crippen LogP contribution in [0.3, 0.4) is 0 Å². The van der Waals surface area contributed by atoms with Crippen LogP contribution >= 0.6 is 0 Å². The van der Waals surface area contributed by atoms with Gasteiger partial charge in [-0.3, -0.25) is 4.79 Å². The molecular formula is C13H19F3N2O3. The van der Waals surface area contributed by atoms with Gasteiger partial charge in [0.2, 0.25) is 0 Å². The summed E-state index contributed by atoms with van der Waals surface area (Å²) in [4.78, 5) is 23.8. The average Bonchev–Trinajstić information content (AvgIpc) is 2.35. The van der Waals surface area contributed by atoms with Crippen LogP contribution < -0.4 is 5.32 Å². The number of alkyl halides is 3. The smallest absolute Gasteiger partial charge is 0.412 e. The number of rotatable bonds is 4. The van der Waals surface area contributed by atoms with E-state index in [1.807, 2.05) is 0 Å². The van der Waals surface area contributed by atoms with Crippen molar-refractivity contribution in [3.05, 3.63) is 11.6 Å². The van der Waals surface area contributed by atoms with Crippen LogP contribution in [0.5, 0.6) is 0 Å². The molecule has 0 bridgehead atoms. The van der Waals surface area contributed by atoms with Gasteiger partial charge >= 0.3 is 18.2 Å². The summed E-state index contributed by atoms with van der Waals surface area (Å²) in [6.07, 6.45) is -3.42. The number of amides is 2. The molecule has 5 nitrogen and oxygen atoms in total. The number of nitrogens with zero attached hydrogens (tertiary/aromatic N) is 1. The molecule has 0 fully saturated rings. The Hall–Kier alpha value is -1.73. The molecule has 0 saturated carbocycles. The molecule has 120 valence electrons. The molecular weight excluding hydrogens is 289 g/mol. The summed E-state index contributed by atoms with van der Waals surface area (Å²) in [5.74, 6) is -0.965. The standard InChI is InChI=1S/C13H19F3N2O3/c1-12(2,6-3-10(19)20)17-11(21)18-7-4-9(5-8-18)13(14,15)16/h4H,3,5-8H2,1-2H3,(H,17,21)(H,19,20). The fourth-order valence-corrected chi connectivity index (χ4v) is 1.96. The van der Waals surface area contributed by atoms with Crippen molar-refractivity contribution in [2.45, 2.75) is 44.8 Å². The Morgan fingerprint density at radius 1 is 1.38 bits per heavy atom. The predicted octanol–water partition coefficient (Wildman–Crippen LogP) is 2.53. The van der Waals surface area contributed by atoms with Gasteiger partial charge in [-0.05, 0) is 26.7 Å². The minimum Gasteiger partial charge on any atom is -0.481 e. The molecule has 0 aromatic heterocycles. The van der Waals surface area contributed by atoms with Crippen molar-refractivity contribution in [1.29, 1.82) is 0 Å². The average molecular weight is 308 g/mol. The van der Waals surface area contributed by atoms with E-state index >= 15 is 0 Å². The summed E-state index contributed by atoms with van der Waals surface area (Å²) in [5.41, 5.74) is -1.35. The first-order valence-corrected chi connectivity index (χ1v) is 6.56. The maximum atomic E-state index is 12.5. The number of carbonyl (C=O) groups excluding carboxylic acids is 1. The highest BCUT2D eigenvalue weighted by molar-refractivity contribution is 5.75. The molecule has 1 rings (SSSR count). The van der Waals surface area contributed by atoms with Gasteiger partial charge in [0.25, 0.3) is 0 Å². The number of aliphatic carboxylic acids is 1. The summed E-state index contributed by atoms with van der Waals surface area (Å²) in [5, 5.41) is 11.3. The lowest BCUT2D eigenvalue weighted by Crippen LogP contribution is -2.51. The number of nitrogens with one attached hydrogen (secondary N) is 1. The van der Waals surface area contributed by atoms with Gasteiger partial charge in [-0.1, -0.05) is 6.08 Å². The molecule has 0 saturated heterocycles. The minimum absolute atomic E-state index is 0.00775. The highest BCUT2D eigenvalue weighted by Gasteiger charge is 2.36. The Bertz CT molecular complexity index is 444. The lowest BCUT2D eigenvalue weighted by atomic mass is 9.98. The van der Waals surface area contributed by atoms with Gasteiger partial charge < -0.3 is 15.3 Å². The Labute approximate surface area is 120 Å². The molecule has 2 amide bonds. The van der Waals surface area contributed by atoms with Crippen molar-refractivity contribution < 1.29 is 27.9 Å². The van der Waals surface area contributed by atoms with Crippen LogP contribution in [0, 0.1) is 0 Å². The van der Waals surface area contributed by atoms with Crippen molar-refractivity contribution in [3.8, 4) is 0 Å². The zero-order valence-electron chi connectivity index (χ0n) is 12.0. The van der Waals surface area contributed by atoms with E-state index in [0.717, 1.165) is 6.08 Å². The molecule has 8 heteroatoms. The van der Waals surface area contributed by atoms with Gasteiger partial charge in [0.1, 0.15) is 0 Å². The van der Waals surface area contributed by atoms with Crippen molar-refractivity contribution >= 4 is 12.0 Å². The molecule has 0 aromatic carbocycles. The fraction of sp³-hybridized carbons (Fsp3) is 0.692. The van der Waals surface area contributed by atoms with Crippen LogP contribution in [0.2, 0.25) is 0 Å². The summed E-state index contributed by atoms with van der Waals surface area (Å²) in [7, 11) is 0. The molecule has 2 N–H and O–H groups in total. The Kier molecular flexibility index (Phi) is 5.25. The Morgan fingerprint density at radius 2 is 2.00 bits per heavy atom. The number of halogens is 3. The molecule has 21 heavy (non-hydrogen) atoms. The van der Waals surface area contributed by atoms with Gasteiger partial charge in [-0.2, -0.15) is 13.2 Å². The highest BCUT2D eigenvalue weighted by atomic mass is 19.4. The molecule has 1 heterocycles. The maximum absolute atomic E-state index is 12.5. The van der Waals surface area contributed by atoms with Gasteiger partial charge in [0.15, 0.2) is 0 Å². The van der Waals surface area contributed by atoms with E-state index in [-0.39, 0.29) is 32.4 Å². The van der Waals surface area contributed by atoms with Crippen LogP contribution in [-0.2, 0) is 4.79 Å². The van der Waals surface area contributed by atoms with Crippen LogP contribution in [0.15, 0.2) is 11.6 Å². The SMILES string of the molecule is CC(C)(CCC(=O)O)NC(=O)N1CC=C(C(F)(F)F)CC1. The largest absolute Gasteiger partial charge is 0.481 e. The fourth-order valence-electron chi connectivity index (χ4n) is 1.96. The van der Waals surface area contributed by atoms with E-state index in [0.29, 0.717) is 0 Å². The van der Waals surface area contributed by atoms with Crippen molar-refractivity contribution in [2.75, 3.05) is 13.1 Å². The van der Waals surface area contributed by atoms with E-state index in [2.05, 4.69) is 5.32 Å². The number of carbonyl (C=O) groups is 2. The van der Waals surface area contributed by atoms with Crippen LogP contribution in [0.1, 0.15) is 33.1 Å². The second kappa shape index (κ2) is 6.36. The van der Waals surface area contributed by atoms with Gasteiger partial charge in [-0.15, -0.1) is 0 Å².